The Hall–Kier alpha value is -3.20. The molecule has 0 bridgehead atoms. The van der Waals surface area contributed by atoms with Gasteiger partial charge in [-0.3, -0.25) is 9.59 Å². The number of unbranched alkanes of at least 4 members (excludes halogenated alkanes) is 2. The van der Waals surface area contributed by atoms with Crippen molar-refractivity contribution in [1.29, 1.82) is 0 Å². The maximum atomic E-state index is 12.5. The highest BCUT2D eigenvalue weighted by molar-refractivity contribution is 6.06. The molecular formula is C34H53N7O2. The molecule has 6 N–H and O–H groups in total. The average molecular weight is 592 g/mol. The van der Waals surface area contributed by atoms with Crippen LogP contribution < -0.4 is 22.1 Å². The van der Waals surface area contributed by atoms with Crippen molar-refractivity contribution in [1.82, 2.24) is 25.2 Å². The van der Waals surface area contributed by atoms with Gasteiger partial charge in [-0.1, -0.05) is 70.1 Å². The Morgan fingerprint density at radius 3 is 2.44 bits per heavy atom. The first-order valence-corrected chi connectivity index (χ1v) is 16.8. The number of aryl methyl sites for hydroxylation is 2. The minimum absolute atomic E-state index is 0.0504. The van der Waals surface area contributed by atoms with E-state index in [4.69, 9.17) is 16.5 Å². The van der Waals surface area contributed by atoms with Gasteiger partial charge in [-0.25, -0.2) is 9.97 Å². The average Bonchev–Trinajstić information content (AvgIpc) is 3.35. The summed E-state index contributed by atoms with van der Waals surface area (Å²) in [7, 11) is 0. The molecule has 1 fully saturated rings. The summed E-state index contributed by atoms with van der Waals surface area (Å²) >= 11 is 0. The number of nitrogens with two attached hydrogens (primary N) is 2. The van der Waals surface area contributed by atoms with E-state index in [9.17, 15) is 9.59 Å². The lowest BCUT2D eigenvalue weighted by molar-refractivity contribution is -0.126. The van der Waals surface area contributed by atoms with Gasteiger partial charge in [-0.05, 0) is 50.5 Å². The molecule has 2 heterocycles. The fourth-order valence-electron chi connectivity index (χ4n) is 6.35. The fraction of sp³-hybridized carbons (Fsp3) is 0.647. The Kier molecular flexibility index (Phi) is 13.1. The predicted octanol–water partition coefficient (Wildman–Crippen LogP) is 5.77. The van der Waals surface area contributed by atoms with Crippen LogP contribution in [-0.2, 0) is 22.6 Å². The monoisotopic (exact) mass is 591 g/mol. The summed E-state index contributed by atoms with van der Waals surface area (Å²) in [5.41, 5.74) is 15.4. The predicted molar refractivity (Wildman–Crippen MR) is 176 cm³/mol. The molecule has 0 spiro atoms. The number of carbonyl (C=O) groups excluding carboxylic acids is 2. The molecule has 1 saturated carbocycles. The number of hydrogen-bond donors (Lipinski definition) is 4. The molecule has 2 atom stereocenters. The first-order valence-electron chi connectivity index (χ1n) is 16.8. The zero-order chi connectivity index (χ0) is 30.4. The Bertz CT molecular complexity index is 1320. The normalized spacial score (nSPS) is 18.4. The summed E-state index contributed by atoms with van der Waals surface area (Å²) in [6.45, 7) is 4.23. The molecule has 1 aliphatic carbocycles. The third kappa shape index (κ3) is 9.91. The number of fused-ring (bicyclic) bond motifs is 3. The minimum Gasteiger partial charge on any atom is -0.382 e. The highest BCUT2D eigenvalue weighted by Crippen LogP contribution is 2.29. The number of nitrogen functional groups attached to an aromatic ring is 1. The molecule has 0 radical (unpaired) electrons. The van der Waals surface area contributed by atoms with E-state index >= 15 is 0 Å². The zero-order valence-corrected chi connectivity index (χ0v) is 26.2. The summed E-state index contributed by atoms with van der Waals surface area (Å²) in [4.78, 5) is 34.4. The number of pyridine rings is 1. The van der Waals surface area contributed by atoms with Crippen molar-refractivity contribution in [2.45, 2.75) is 122 Å². The van der Waals surface area contributed by atoms with Crippen LogP contribution in [-0.4, -0.2) is 45.5 Å². The Balaban J connectivity index is 1.20. The molecule has 2 aromatic heterocycles. The quantitative estimate of drug-likeness (QED) is 0.186. The van der Waals surface area contributed by atoms with Gasteiger partial charge in [-0.15, -0.1) is 0 Å². The smallest absolute Gasteiger partial charge is 0.220 e. The standard InChI is InChI=1S/C34H53N7O2/c1-2-3-18-29-40-32-33(27-16-10-11-17-28(27)39-34(32)36)41(29)22-13-12-21-37-30(42)19-20-31(43)38-24-25-14-8-6-4-5-7-9-15-26(35)23-25/h10-11,16-17,25-26H,2-9,12-15,18-24,35H2,1H3,(H2,36,39)(H,37,42)(H,38,43). The zero-order valence-electron chi connectivity index (χ0n) is 26.2. The SMILES string of the molecule is CCCCc1nc2c(N)nc3ccccc3c2n1CCCCNC(=O)CCC(=O)NCC1CCCCCCCCC(N)C1. The fourth-order valence-corrected chi connectivity index (χ4v) is 6.35. The summed E-state index contributed by atoms with van der Waals surface area (Å²) in [6.07, 6.45) is 15.9. The third-order valence-electron chi connectivity index (χ3n) is 8.81. The van der Waals surface area contributed by atoms with Crippen LogP contribution in [0.5, 0.6) is 0 Å². The summed E-state index contributed by atoms with van der Waals surface area (Å²) in [6, 6.07) is 8.29. The minimum atomic E-state index is -0.0753. The lowest BCUT2D eigenvalue weighted by Gasteiger charge is -2.21. The number of benzene rings is 1. The molecular weight excluding hydrogens is 538 g/mol. The summed E-state index contributed by atoms with van der Waals surface area (Å²) < 4.78 is 2.30. The van der Waals surface area contributed by atoms with Crippen molar-refractivity contribution >= 4 is 39.6 Å². The van der Waals surface area contributed by atoms with Gasteiger partial charge in [0.1, 0.15) is 11.3 Å². The number of nitrogens with one attached hydrogen (secondary N) is 2. The van der Waals surface area contributed by atoms with Gasteiger partial charge >= 0.3 is 0 Å². The molecule has 0 saturated heterocycles. The molecule has 236 valence electrons. The topological polar surface area (TPSA) is 141 Å². The second-order valence-electron chi connectivity index (χ2n) is 12.4. The van der Waals surface area contributed by atoms with Gasteiger partial charge in [0.2, 0.25) is 11.8 Å². The Labute approximate surface area is 257 Å². The molecule has 4 rings (SSSR count). The number of rotatable bonds is 13. The molecule has 9 heteroatoms. The summed E-state index contributed by atoms with van der Waals surface area (Å²) in [5, 5.41) is 7.13. The van der Waals surface area contributed by atoms with Crippen molar-refractivity contribution in [2.75, 3.05) is 18.8 Å². The van der Waals surface area contributed by atoms with E-state index in [1.165, 1.54) is 38.5 Å². The van der Waals surface area contributed by atoms with E-state index in [-0.39, 0.29) is 30.7 Å². The second kappa shape index (κ2) is 17.2. The number of amides is 2. The maximum absolute atomic E-state index is 12.5. The van der Waals surface area contributed by atoms with Gasteiger partial charge in [0.25, 0.3) is 0 Å². The highest BCUT2D eigenvalue weighted by atomic mass is 16.2. The van der Waals surface area contributed by atoms with Crippen molar-refractivity contribution in [2.24, 2.45) is 11.7 Å². The van der Waals surface area contributed by atoms with Crippen LogP contribution in [0, 0.1) is 5.92 Å². The first-order chi connectivity index (χ1) is 21.0. The Morgan fingerprint density at radius 2 is 1.65 bits per heavy atom. The number of hydrogen-bond acceptors (Lipinski definition) is 6. The van der Waals surface area contributed by atoms with Crippen LogP contribution in [0.1, 0.15) is 109 Å². The van der Waals surface area contributed by atoms with Crippen LogP contribution in [0.4, 0.5) is 5.82 Å². The lowest BCUT2D eigenvalue weighted by Crippen LogP contribution is -2.34. The van der Waals surface area contributed by atoms with Gasteiger partial charge in [-0.2, -0.15) is 0 Å². The molecule has 1 aliphatic rings. The van der Waals surface area contributed by atoms with E-state index in [0.717, 1.165) is 85.7 Å². The third-order valence-corrected chi connectivity index (χ3v) is 8.81. The molecule has 0 aliphatic heterocycles. The van der Waals surface area contributed by atoms with Crippen LogP contribution in [0.25, 0.3) is 21.9 Å². The van der Waals surface area contributed by atoms with E-state index in [1.54, 1.807) is 0 Å². The van der Waals surface area contributed by atoms with E-state index in [0.29, 0.717) is 24.8 Å². The number of nitrogens with zero attached hydrogens (tertiary/aromatic N) is 3. The van der Waals surface area contributed by atoms with Crippen molar-refractivity contribution in [3.8, 4) is 0 Å². The van der Waals surface area contributed by atoms with Crippen LogP contribution in [0.15, 0.2) is 24.3 Å². The van der Waals surface area contributed by atoms with Gasteiger partial charge in [0, 0.05) is 50.3 Å². The number of carbonyl (C=O) groups is 2. The number of anilines is 1. The number of para-hydroxylation sites is 1. The van der Waals surface area contributed by atoms with Gasteiger partial charge in [0.15, 0.2) is 5.82 Å². The van der Waals surface area contributed by atoms with Crippen LogP contribution in [0.2, 0.25) is 0 Å². The summed E-state index contributed by atoms with van der Waals surface area (Å²) in [5.74, 6) is 1.81. The molecule has 9 nitrogen and oxygen atoms in total. The van der Waals surface area contributed by atoms with E-state index in [1.807, 2.05) is 18.2 Å². The van der Waals surface area contributed by atoms with Crippen molar-refractivity contribution in [3.63, 3.8) is 0 Å². The number of imidazole rings is 1. The van der Waals surface area contributed by atoms with E-state index < -0.39 is 0 Å². The lowest BCUT2D eigenvalue weighted by atomic mass is 9.92. The van der Waals surface area contributed by atoms with Crippen molar-refractivity contribution < 1.29 is 9.59 Å². The molecule has 2 amide bonds. The van der Waals surface area contributed by atoms with Crippen molar-refractivity contribution in [3.05, 3.63) is 30.1 Å². The highest BCUT2D eigenvalue weighted by Gasteiger charge is 2.18. The molecule has 1 aromatic carbocycles. The maximum Gasteiger partial charge on any atom is 0.220 e. The van der Waals surface area contributed by atoms with Gasteiger partial charge < -0.3 is 26.7 Å². The number of aromatic nitrogens is 3. The Morgan fingerprint density at radius 1 is 0.930 bits per heavy atom. The largest absolute Gasteiger partial charge is 0.382 e. The molecule has 3 aromatic rings. The molecule has 2 unspecified atom stereocenters. The van der Waals surface area contributed by atoms with Crippen LogP contribution in [0.3, 0.4) is 0 Å². The van der Waals surface area contributed by atoms with Gasteiger partial charge in [0.05, 0.1) is 11.0 Å². The molecule has 43 heavy (non-hydrogen) atoms. The first kappa shape index (κ1) is 32.7. The second-order valence-corrected chi connectivity index (χ2v) is 12.4. The van der Waals surface area contributed by atoms with Crippen LogP contribution >= 0.6 is 0 Å². The van der Waals surface area contributed by atoms with E-state index in [2.05, 4.69) is 33.2 Å².